The number of anilines is 3. The molecule has 0 fully saturated rings. The van der Waals surface area contributed by atoms with Crippen molar-refractivity contribution in [3.8, 4) is 5.75 Å². The smallest absolute Gasteiger partial charge is 0.226 e. The maximum atomic E-state index is 12.2. The summed E-state index contributed by atoms with van der Waals surface area (Å²) in [5.41, 5.74) is 2.38. The first-order valence-corrected chi connectivity index (χ1v) is 8.88. The quantitative estimate of drug-likeness (QED) is 0.782. The third kappa shape index (κ3) is 5.62. The molecule has 0 bridgehead atoms. The average Bonchev–Trinajstić information content (AvgIpc) is 2.62. The number of benzene rings is 2. The first-order chi connectivity index (χ1) is 12.8. The number of methoxy groups -OCH3 is 1. The Morgan fingerprint density at radius 1 is 1.07 bits per heavy atom. The minimum Gasteiger partial charge on any atom is -0.495 e. The molecule has 0 unspecified atom stereocenters. The van der Waals surface area contributed by atoms with Crippen LogP contribution in [0.5, 0.6) is 5.75 Å². The lowest BCUT2D eigenvalue weighted by Crippen LogP contribution is -2.32. The highest BCUT2D eigenvalue weighted by Gasteiger charge is 2.14. The zero-order valence-electron chi connectivity index (χ0n) is 16.0. The monoisotopic (exact) mass is 389 g/mol. The lowest BCUT2D eigenvalue weighted by molar-refractivity contribution is -0.117. The Hall–Kier alpha value is -2.73. The van der Waals surface area contributed by atoms with Crippen LogP contribution in [0.15, 0.2) is 42.5 Å². The zero-order valence-corrected chi connectivity index (χ0v) is 16.7. The zero-order chi connectivity index (χ0) is 20.0. The minimum absolute atomic E-state index is 0.118. The van der Waals surface area contributed by atoms with Crippen LogP contribution in [0.4, 0.5) is 17.1 Å². The molecule has 0 aliphatic carbocycles. The van der Waals surface area contributed by atoms with Gasteiger partial charge in [0.2, 0.25) is 11.8 Å². The van der Waals surface area contributed by atoms with Crippen molar-refractivity contribution in [3.63, 3.8) is 0 Å². The number of hydrogen-bond donors (Lipinski definition) is 1. The number of amides is 2. The molecule has 6 nitrogen and oxygen atoms in total. The normalized spacial score (nSPS) is 10.3. The van der Waals surface area contributed by atoms with Gasteiger partial charge in [0, 0.05) is 51.0 Å². The van der Waals surface area contributed by atoms with Crippen molar-refractivity contribution >= 4 is 40.5 Å². The van der Waals surface area contributed by atoms with E-state index < -0.39 is 0 Å². The number of carbonyl (C=O) groups excluding carboxylic acids is 2. The summed E-state index contributed by atoms with van der Waals surface area (Å²) in [6, 6.07) is 12.6. The molecule has 0 aromatic heterocycles. The number of halogens is 1. The first kappa shape index (κ1) is 20.6. The fraction of sp³-hybridized carbons (Fsp3) is 0.300. The summed E-state index contributed by atoms with van der Waals surface area (Å²) < 4.78 is 5.09. The molecule has 0 atom stereocenters. The van der Waals surface area contributed by atoms with Crippen molar-refractivity contribution in [2.75, 3.05) is 42.9 Å². The van der Waals surface area contributed by atoms with Gasteiger partial charge in [-0.3, -0.25) is 9.59 Å². The van der Waals surface area contributed by atoms with Crippen LogP contribution < -0.4 is 19.9 Å². The summed E-state index contributed by atoms with van der Waals surface area (Å²) in [6.45, 7) is 1.77. The topological polar surface area (TPSA) is 61.9 Å². The summed E-state index contributed by atoms with van der Waals surface area (Å²) in [5.74, 6) is 0.221. The molecule has 0 aliphatic heterocycles. The predicted octanol–water partition coefficient (Wildman–Crippen LogP) is 3.80. The van der Waals surface area contributed by atoms with Gasteiger partial charge in [0.15, 0.2) is 0 Å². The molecule has 0 saturated heterocycles. The van der Waals surface area contributed by atoms with Crippen molar-refractivity contribution < 1.29 is 14.3 Å². The fourth-order valence-corrected chi connectivity index (χ4v) is 2.84. The molecule has 0 heterocycles. The molecule has 2 aromatic carbocycles. The maximum absolute atomic E-state index is 12.2. The van der Waals surface area contributed by atoms with Crippen molar-refractivity contribution in [3.05, 3.63) is 47.5 Å². The Balaban J connectivity index is 1.99. The van der Waals surface area contributed by atoms with Gasteiger partial charge < -0.3 is 19.9 Å². The second-order valence-corrected chi connectivity index (χ2v) is 6.64. The molecule has 0 saturated carbocycles. The molecule has 7 heteroatoms. The molecule has 0 aliphatic rings. The van der Waals surface area contributed by atoms with Gasteiger partial charge in [-0.25, -0.2) is 0 Å². The standard InChI is InChI=1S/C20H24ClN3O3/c1-14(25)24(17-8-6-16(7-9-17)23(2)3)12-11-20(26)22-15-5-10-19(27-4)18(21)13-15/h5-10,13H,11-12H2,1-4H3,(H,22,26). The van der Waals surface area contributed by atoms with E-state index in [-0.39, 0.29) is 24.8 Å². The fourth-order valence-electron chi connectivity index (χ4n) is 2.58. The Labute approximate surface area is 164 Å². The largest absolute Gasteiger partial charge is 0.495 e. The van der Waals surface area contributed by atoms with Gasteiger partial charge >= 0.3 is 0 Å². The number of nitrogens with zero attached hydrogens (tertiary/aromatic N) is 2. The van der Waals surface area contributed by atoms with E-state index in [0.29, 0.717) is 16.5 Å². The van der Waals surface area contributed by atoms with E-state index >= 15 is 0 Å². The highest BCUT2D eigenvalue weighted by Crippen LogP contribution is 2.27. The lowest BCUT2D eigenvalue weighted by Gasteiger charge is -2.22. The molecule has 2 rings (SSSR count). The van der Waals surface area contributed by atoms with E-state index in [1.54, 1.807) is 23.1 Å². The highest BCUT2D eigenvalue weighted by atomic mass is 35.5. The van der Waals surface area contributed by atoms with Gasteiger partial charge in [0.05, 0.1) is 12.1 Å². The van der Waals surface area contributed by atoms with Crippen molar-refractivity contribution in [1.29, 1.82) is 0 Å². The van der Waals surface area contributed by atoms with Crippen LogP contribution in [-0.2, 0) is 9.59 Å². The highest BCUT2D eigenvalue weighted by molar-refractivity contribution is 6.32. The first-order valence-electron chi connectivity index (χ1n) is 8.50. The van der Waals surface area contributed by atoms with Gasteiger partial charge in [-0.05, 0) is 42.5 Å². The van der Waals surface area contributed by atoms with E-state index in [9.17, 15) is 9.59 Å². The van der Waals surface area contributed by atoms with E-state index in [1.165, 1.54) is 14.0 Å². The van der Waals surface area contributed by atoms with Crippen LogP contribution in [0.2, 0.25) is 5.02 Å². The van der Waals surface area contributed by atoms with Crippen LogP contribution in [0, 0.1) is 0 Å². The molecule has 144 valence electrons. The van der Waals surface area contributed by atoms with Crippen molar-refractivity contribution in [2.45, 2.75) is 13.3 Å². The van der Waals surface area contributed by atoms with Gasteiger partial charge in [0.25, 0.3) is 0 Å². The SMILES string of the molecule is COc1ccc(NC(=O)CCN(C(C)=O)c2ccc(N(C)C)cc2)cc1Cl. The summed E-state index contributed by atoms with van der Waals surface area (Å²) in [4.78, 5) is 27.8. The van der Waals surface area contributed by atoms with E-state index in [4.69, 9.17) is 16.3 Å². The molecule has 2 aromatic rings. The number of ether oxygens (including phenoxy) is 1. The second kappa shape index (κ2) is 9.28. The maximum Gasteiger partial charge on any atom is 0.226 e. The van der Waals surface area contributed by atoms with Crippen LogP contribution >= 0.6 is 11.6 Å². The number of carbonyl (C=O) groups is 2. The van der Waals surface area contributed by atoms with E-state index in [0.717, 1.165) is 11.4 Å². The Bertz CT molecular complexity index is 807. The molecule has 0 spiro atoms. The van der Waals surface area contributed by atoms with E-state index in [2.05, 4.69) is 5.32 Å². The van der Waals surface area contributed by atoms with Gasteiger partial charge in [-0.1, -0.05) is 11.6 Å². The number of rotatable bonds is 7. The van der Waals surface area contributed by atoms with Crippen LogP contribution in [0.3, 0.4) is 0 Å². The summed E-state index contributed by atoms with van der Waals surface area (Å²) >= 11 is 6.06. The summed E-state index contributed by atoms with van der Waals surface area (Å²) in [6.07, 6.45) is 0.165. The van der Waals surface area contributed by atoms with Gasteiger partial charge in [-0.15, -0.1) is 0 Å². The molecular formula is C20H24ClN3O3. The van der Waals surface area contributed by atoms with E-state index in [1.807, 2.05) is 43.3 Å². The van der Waals surface area contributed by atoms with Crippen molar-refractivity contribution in [1.82, 2.24) is 0 Å². The third-order valence-corrected chi connectivity index (χ3v) is 4.35. The summed E-state index contributed by atoms with van der Waals surface area (Å²) in [7, 11) is 5.43. The Morgan fingerprint density at radius 2 is 1.70 bits per heavy atom. The second-order valence-electron chi connectivity index (χ2n) is 6.23. The van der Waals surface area contributed by atoms with Crippen molar-refractivity contribution in [2.24, 2.45) is 0 Å². The molecular weight excluding hydrogens is 366 g/mol. The average molecular weight is 390 g/mol. The third-order valence-electron chi connectivity index (χ3n) is 4.06. The Morgan fingerprint density at radius 3 is 2.22 bits per heavy atom. The lowest BCUT2D eigenvalue weighted by atomic mass is 10.2. The van der Waals surface area contributed by atoms with Gasteiger partial charge in [-0.2, -0.15) is 0 Å². The molecule has 27 heavy (non-hydrogen) atoms. The molecule has 1 N–H and O–H groups in total. The molecule has 2 amide bonds. The minimum atomic E-state index is -0.201. The number of hydrogen-bond acceptors (Lipinski definition) is 4. The van der Waals surface area contributed by atoms with Gasteiger partial charge in [0.1, 0.15) is 5.75 Å². The molecule has 0 radical (unpaired) electrons. The predicted molar refractivity (Wildman–Crippen MR) is 110 cm³/mol. The van der Waals surface area contributed by atoms with Crippen LogP contribution in [0.25, 0.3) is 0 Å². The van der Waals surface area contributed by atoms with Crippen LogP contribution in [0.1, 0.15) is 13.3 Å². The van der Waals surface area contributed by atoms with Crippen LogP contribution in [-0.4, -0.2) is 39.6 Å². The Kier molecular flexibility index (Phi) is 7.07. The number of nitrogens with one attached hydrogen (secondary N) is 1. The summed E-state index contributed by atoms with van der Waals surface area (Å²) in [5, 5.41) is 3.20.